The van der Waals surface area contributed by atoms with Crippen molar-refractivity contribution < 1.29 is 18.7 Å². The van der Waals surface area contributed by atoms with E-state index in [1.54, 1.807) is 23.2 Å². The van der Waals surface area contributed by atoms with Gasteiger partial charge in [0.25, 0.3) is 5.91 Å². The molecule has 2 aromatic carbocycles. The van der Waals surface area contributed by atoms with E-state index < -0.39 is 17.7 Å². The fourth-order valence-corrected chi connectivity index (χ4v) is 2.85. The van der Waals surface area contributed by atoms with Crippen LogP contribution in [-0.2, 0) is 22.6 Å². The molecule has 0 fully saturated rings. The number of hydrogen-bond donors (Lipinski definition) is 1. The quantitative estimate of drug-likeness (QED) is 0.593. The van der Waals surface area contributed by atoms with E-state index in [4.69, 9.17) is 4.74 Å². The van der Waals surface area contributed by atoms with E-state index >= 15 is 0 Å². The Kier molecular flexibility index (Phi) is 6.73. The Labute approximate surface area is 168 Å². The summed E-state index contributed by atoms with van der Waals surface area (Å²) in [5.41, 5.74) is 2.49. The fourth-order valence-electron chi connectivity index (χ4n) is 2.85. The lowest BCUT2D eigenvalue weighted by atomic mass is 10.1. The van der Waals surface area contributed by atoms with Crippen molar-refractivity contribution in [3.63, 3.8) is 0 Å². The first-order valence-corrected chi connectivity index (χ1v) is 9.36. The molecule has 6 nitrogen and oxygen atoms in total. The van der Waals surface area contributed by atoms with Crippen LogP contribution in [0, 0.1) is 5.82 Å². The molecule has 0 aliphatic rings. The summed E-state index contributed by atoms with van der Waals surface area (Å²) < 4.78 is 20.9. The van der Waals surface area contributed by atoms with E-state index in [9.17, 15) is 14.0 Å². The average Bonchev–Trinajstić information content (AvgIpc) is 3.21. The monoisotopic (exact) mass is 395 g/mol. The summed E-state index contributed by atoms with van der Waals surface area (Å²) in [5, 5.41) is 2.63. The predicted octanol–water partition coefficient (Wildman–Crippen LogP) is 3.44. The van der Waals surface area contributed by atoms with Crippen molar-refractivity contribution in [3.05, 3.63) is 83.7 Å². The molecular formula is C22H22FN3O3. The number of aromatic nitrogens is 2. The molecule has 0 spiro atoms. The summed E-state index contributed by atoms with van der Waals surface area (Å²) in [5.74, 6) is -1.40. The Hall–Kier alpha value is -3.48. The van der Waals surface area contributed by atoms with Gasteiger partial charge in [0, 0.05) is 24.0 Å². The van der Waals surface area contributed by atoms with Crippen LogP contribution in [0.25, 0.3) is 5.69 Å². The van der Waals surface area contributed by atoms with Crippen LogP contribution in [0.1, 0.15) is 35.0 Å². The Morgan fingerprint density at radius 3 is 2.72 bits per heavy atom. The minimum atomic E-state index is -0.523. The third-order valence-corrected chi connectivity index (χ3v) is 4.36. The van der Waals surface area contributed by atoms with Crippen LogP contribution in [0.5, 0.6) is 0 Å². The number of rotatable bonds is 8. The number of carbonyl (C=O) groups is 2. The standard InChI is InChI=1S/C22H22FN3O3/c1-2-19-13-24-15-26(19)20-11-17(10-18(23)12-20)22(28)25-9-8-21(27)29-14-16-6-4-3-5-7-16/h3-7,10-13,15H,2,8-9,14H2,1H3,(H,25,28). The number of nitrogens with one attached hydrogen (secondary N) is 1. The summed E-state index contributed by atoms with van der Waals surface area (Å²) in [6, 6.07) is 13.4. The van der Waals surface area contributed by atoms with Gasteiger partial charge >= 0.3 is 5.97 Å². The van der Waals surface area contributed by atoms with E-state index in [0.29, 0.717) is 5.69 Å². The third kappa shape index (κ3) is 5.51. The molecule has 3 rings (SSSR count). The van der Waals surface area contributed by atoms with Crippen LogP contribution in [0.15, 0.2) is 61.1 Å². The molecule has 150 valence electrons. The molecule has 0 bridgehead atoms. The SMILES string of the molecule is CCc1cncn1-c1cc(F)cc(C(=O)NCCC(=O)OCc2ccccc2)c1. The summed E-state index contributed by atoms with van der Waals surface area (Å²) in [6.07, 6.45) is 4.04. The zero-order chi connectivity index (χ0) is 20.6. The maximum Gasteiger partial charge on any atom is 0.307 e. The largest absolute Gasteiger partial charge is 0.461 e. The maximum atomic E-state index is 14.0. The van der Waals surface area contributed by atoms with Gasteiger partial charge in [-0.3, -0.25) is 9.59 Å². The number of nitrogens with zero attached hydrogens (tertiary/aromatic N) is 2. The number of imidazole rings is 1. The lowest BCUT2D eigenvalue weighted by Crippen LogP contribution is -2.26. The highest BCUT2D eigenvalue weighted by Gasteiger charge is 2.12. The van der Waals surface area contributed by atoms with E-state index in [0.717, 1.165) is 23.7 Å². The smallest absolute Gasteiger partial charge is 0.307 e. The molecule has 1 amide bonds. The topological polar surface area (TPSA) is 73.2 Å². The number of halogens is 1. The molecule has 29 heavy (non-hydrogen) atoms. The van der Waals surface area contributed by atoms with Crippen LogP contribution in [0.3, 0.4) is 0 Å². The zero-order valence-corrected chi connectivity index (χ0v) is 16.1. The van der Waals surface area contributed by atoms with E-state index in [1.165, 1.54) is 6.07 Å². The first-order chi connectivity index (χ1) is 14.1. The number of esters is 1. The van der Waals surface area contributed by atoms with E-state index in [2.05, 4.69) is 10.3 Å². The van der Waals surface area contributed by atoms with E-state index in [-0.39, 0.29) is 25.1 Å². The van der Waals surface area contributed by atoms with Crippen molar-refractivity contribution in [1.29, 1.82) is 0 Å². The second kappa shape index (κ2) is 9.64. The molecule has 0 radical (unpaired) electrons. The molecule has 0 saturated heterocycles. The zero-order valence-electron chi connectivity index (χ0n) is 16.1. The van der Waals surface area contributed by atoms with Gasteiger partial charge in [0.1, 0.15) is 12.4 Å². The van der Waals surface area contributed by atoms with Crippen LogP contribution < -0.4 is 5.32 Å². The van der Waals surface area contributed by atoms with Gasteiger partial charge in [-0.1, -0.05) is 37.3 Å². The second-order valence-electron chi connectivity index (χ2n) is 6.46. The van der Waals surface area contributed by atoms with Gasteiger partial charge in [-0.05, 0) is 30.2 Å². The second-order valence-corrected chi connectivity index (χ2v) is 6.46. The molecule has 1 N–H and O–H groups in total. The van der Waals surface area contributed by atoms with Crippen LogP contribution in [-0.4, -0.2) is 28.0 Å². The summed E-state index contributed by atoms with van der Waals surface area (Å²) in [4.78, 5) is 28.3. The molecule has 0 atom stereocenters. The van der Waals surface area contributed by atoms with Crippen molar-refractivity contribution in [2.45, 2.75) is 26.4 Å². The number of ether oxygens (including phenoxy) is 1. The highest BCUT2D eigenvalue weighted by molar-refractivity contribution is 5.95. The molecule has 7 heteroatoms. The Bertz CT molecular complexity index is 986. The first-order valence-electron chi connectivity index (χ1n) is 9.36. The minimum Gasteiger partial charge on any atom is -0.461 e. The average molecular weight is 395 g/mol. The Morgan fingerprint density at radius 1 is 1.17 bits per heavy atom. The predicted molar refractivity (Wildman–Crippen MR) is 106 cm³/mol. The molecule has 0 aliphatic carbocycles. The van der Waals surface area contributed by atoms with Crippen molar-refractivity contribution in [3.8, 4) is 5.69 Å². The van der Waals surface area contributed by atoms with E-state index in [1.807, 2.05) is 37.3 Å². The first kappa shape index (κ1) is 20.3. The number of carbonyl (C=O) groups excluding carboxylic acids is 2. The lowest BCUT2D eigenvalue weighted by Gasteiger charge is -2.10. The Morgan fingerprint density at radius 2 is 1.97 bits per heavy atom. The van der Waals surface area contributed by atoms with Crippen molar-refractivity contribution in [2.75, 3.05) is 6.54 Å². The normalized spacial score (nSPS) is 10.6. The summed E-state index contributed by atoms with van der Waals surface area (Å²) in [6.45, 7) is 2.26. The number of benzene rings is 2. The van der Waals surface area contributed by atoms with Gasteiger partial charge < -0.3 is 14.6 Å². The van der Waals surface area contributed by atoms with Gasteiger partial charge in [0.2, 0.25) is 0 Å². The maximum absolute atomic E-state index is 14.0. The number of hydrogen-bond acceptors (Lipinski definition) is 4. The summed E-state index contributed by atoms with van der Waals surface area (Å²) >= 11 is 0. The van der Waals surface area contributed by atoms with Crippen molar-refractivity contribution >= 4 is 11.9 Å². The fraction of sp³-hybridized carbons (Fsp3) is 0.227. The highest BCUT2D eigenvalue weighted by atomic mass is 19.1. The molecule has 1 heterocycles. The highest BCUT2D eigenvalue weighted by Crippen LogP contribution is 2.16. The molecular weight excluding hydrogens is 373 g/mol. The number of aryl methyl sites for hydroxylation is 1. The van der Waals surface area contributed by atoms with Crippen LogP contribution in [0.4, 0.5) is 4.39 Å². The minimum absolute atomic E-state index is 0.0300. The van der Waals surface area contributed by atoms with Gasteiger partial charge in [-0.15, -0.1) is 0 Å². The van der Waals surface area contributed by atoms with Crippen LogP contribution in [0.2, 0.25) is 0 Å². The van der Waals surface area contributed by atoms with Gasteiger partial charge in [0.05, 0.1) is 18.4 Å². The lowest BCUT2D eigenvalue weighted by molar-refractivity contribution is -0.144. The van der Waals surface area contributed by atoms with Crippen molar-refractivity contribution in [2.24, 2.45) is 0 Å². The van der Waals surface area contributed by atoms with Gasteiger partial charge in [0.15, 0.2) is 0 Å². The molecule has 3 aromatic rings. The molecule has 0 saturated carbocycles. The molecule has 0 aliphatic heterocycles. The van der Waals surface area contributed by atoms with Gasteiger partial charge in [-0.25, -0.2) is 9.37 Å². The third-order valence-electron chi connectivity index (χ3n) is 4.36. The molecule has 1 aromatic heterocycles. The number of amides is 1. The van der Waals surface area contributed by atoms with Gasteiger partial charge in [-0.2, -0.15) is 0 Å². The summed E-state index contributed by atoms with van der Waals surface area (Å²) in [7, 11) is 0. The Balaban J connectivity index is 1.55. The molecule has 0 unspecified atom stereocenters. The van der Waals surface area contributed by atoms with Crippen molar-refractivity contribution in [1.82, 2.24) is 14.9 Å². The van der Waals surface area contributed by atoms with Crippen LogP contribution >= 0.6 is 0 Å².